The first kappa shape index (κ1) is 27.4. The maximum Gasteiger partial charge on any atom is 0.509 e. The van der Waals surface area contributed by atoms with Crippen molar-refractivity contribution in [3.63, 3.8) is 0 Å². The Kier molecular flexibility index (Phi) is 8.93. The fourth-order valence-electron chi connectivity index (χ4n) is 3.82. The molecule has 0 spiro atoms. The Morgan fingerprint density at radius 3 is 2.14 bits per heavy atom. The molecule has 0 aliphatic rings. The molecule has 2 atom stereocenters. The highest BCUT2D eigenvalue weighted by Gasteiger charge is 2.27. The van der Waals surface area contributed by atoms with Gasteiger partial charge >= 0.3 is 6.16 Å². The predicted octanol–water partition coefficient (Wildman–Crippen LogP) is 6.34. The maximum absolute atomic E-state index is 13.0. The Balaban J connectivity index is 1.90. The smallest absolute Gasteiger partial charge is 0.429 e. The van der Waals surface area contributed by atoms with Crippen LogP contribution in [0.15, 0.2) is 83.8 Å². The summed E-state index contributed by atoms with van der Waals surface area (Å²) >= 11 is 0. The summed E-state index contributed by atoms with van der Waals surface area (Å²) in [6.07, 6.45) is -0.456. The first-order valence-corrected chi connectivity index (χ1v) is 13.6. The molecule has 3 aromatic rings. The van der Waals surface area contributed by atoms with Crippen molar-refractivity contribution in [2.75, 3.05) is 0 Å². The lowest BCUT2D eigenvalue weighted by atomic mass is 9.93. The third-order valence-corrected chi connectivity index (χ3v) is 7.19. The minimum absolute atomic E-state index is 0.232. The van der Waals surface area contributed by atoms with Crippen LogP contribution >= 0.6 is 0 Å². The van der Waals surface area contributed by atoms with Gasteiger partial charge in [-0.1, -0.05) is 79.2 Å². The lowest BCUT2D eigenvalue weighted by Crippen LogP contribution is -2.36. The Hall–Kier alpha value is -3.16. The van der Waals surface area contributed by atoms with E-state index in [4.69, 9.17) is 9.47 Å². The van der Waals surface area contributed by atoms with E-state index >= 15 is 0 Å². The van der Waals surface area contributed by atoms with Crippen LogP contribution in [0.25, 0.3) is 0 Å². The van der Waals surface area contributed by atoms with Gasteiger partial charge in [0.15, 0.2) is 6.10 Å². The highest BCUT2D eigenvalue weighted by Crippen LogP contribution is 2.31. The molecule has 0 heterocycles. The number of hydrogen-bond acceptors (Lipinski definition) is 5. The van der Waals surface area contributed by atoms with Crippen LogP contribution in [0.2, 0.25) is 0 Å². The molecule has 0 radical (unpaired) electrons. The standard InChI is InChI=1S/C29H35NO5S/c1-6-24(30-36(32,33)25-18-16-21(2)17-19-25)20-23-14-10-11-15-26(23)27(22-12-8-7-9-13-22)34-28(31)35-29(3,4)5/h7-19,24,27,30H,6,20H2,1-5H3. The second kappa shape index (κ2) is 11.7. The maximum atomic E-state index is 13.0. The minimum Gasteiger partial charge on any atom is -0.429 e. The number of rotatable bonds is 9. The van der Waals surface area contributed by atoms with E-state index in [1.165, 1.54) is 0 Å². The molecule has 1 N–H and O–H groups in total. The highest BCUT2D eigenvalue weighted by molar-refractivity contribution is 7.89. The van der Waals surface area contributed by atoms with Gasteiger partial charge in [-0.15, -0.1) is 0 Å². The summed E-state index contributed by atoms with van der Waals surface area (Å²) in [6.45, 7) is 9.21. The molecule has 0 amide bonds. The van der Waals surface area contributed by atoms with E-state index in [9.17, 15) is 13.2 Å². The van der Waals surface area contributed by atoms with Crippen molar-refractivity contribution in [1.82, 2.24) is 4.72 Å². The number of ether oxygens (including phenoxy) is 2. The molecule has 7 heteroatoms. The van der Waals surface area contributed by atoms with E-state index in [1.54, 1.807) is 45.0 Å². The molecule has 0 saturated heterocycles. The molecule has 192 valence electrons. The third kappa shape index (κ3) is 7.67. The molecule has 0 fully saturated rings. The van der Waals surface area contributed by atoms with E-state index in [1.807, 2.05) is 68.4 Å². The number of sulfonamides is 1. The van der Waals surface area contributed by atoms with Crippen molar-refractivity contribution in [1.29, 1.82) is 0 Å². The van der Waals surface area contributed by atoms with E-state index < -0.39 is 27.9 Å². The molecule has 36 heavy (non-hydrogen) atoms. The number of nitrogens with one attached hydrogen (secondary N) is 1. The van der Waals surface area contributed by atoms with Crippen molar-refractivity contribution in [2.24, 2.45) is 0 Å². The normalized spacial score (nSPS) is 13.6. The zero-order chi connectivity index (χ0) is 26.3. The average molecular weight is 510 g/mol. The van der Waals surface area contributed by atoms with Crippen molar-refractivity contribution in [2.45, 2.75) is 70.1 Å². The molecule has 0 bridgehead atoms. The summed E-state index contributed by atoms with van der Waals surface area (Å²) < 4.78 is 40.2. The molecular formula is C29H35NO5S. The lowest BCUT2D eigenvalue weighted by molar-refractivity contribution is -0.0202. The van der Waals surface area contributed by atoms with Gasteiger partial charge < -0.3 is 9.47 Å². The topological polar surface area (TPSA) is 81.7 Å². The number of hydrogen-bond donors (Lipinski definition) is 1. The van der Waals surface area contributed by atoms with Gasteiger partial charge in [0.05, 0.1) is 4.90 Å². The largest absolute Gasteiger partial charge is 0.509 e. The number of benzene rings is 3. The van der Waals surface area contributed by atoms with Crippen LogP contribution in [0.4, 0.5) is 4.79 Å². The zero-order valence-electron chi connectivity index (χ0n) is 21.5. The first-order valence-electron chi connectivity index (χ1n) is 12.1. The SMILES string of the molecule is CCC(Cc1ccccc1C(OC(=O)OC(C)(C)C)c1ccccc1)NS(=O)(=O)c1ccc(C)cc1. The molecule has 2 unspecified atom stereocenters. The van der Waals surface area contributed by atoms with E-state index in [0.717, 1.165) is 22.3 Å². The van der Waals surface area contributed by atoms with Crippen LogP contribution in [0.1, 0.15) is 62.5 Å². The van der Waals surface area contributed by atoms with Crippen LogP contribution < -0.4 is 4.72 Å². The minimum atomic E-state index is -3.69. The van der Waals surface area contributed by atoms with Gasteiger partial charge in [0.25, 0.3) is 0 Å². The van der Waals surface area contributed by atoms with Crippen LogP contribution in [-0.4, -0.2) is 26.2 Å². The zero-order valence-corrected chi connectivity index (χ0v) is 22.3. The molecule has 3 rings (SSSR count). The molecule has 0 aliphatic carbocycles. The van der Waals surface area contributed by atoms with Gasteiger partial charge in [-0.25, -0.2) is 17.9 Å². The summed E-state index contributed by atoms with van der Waals surface area (Å²) in [4.78, 5) is 12.9. The fraction of sp³-hybridized carbons (Fsp3) is 0.345. The van der Waals surface area contributed by atoms with Crippen molar-refractivity contribution >= 4 is 16.2 Å². The molecule has 3 aromatic carbocycles. The van der Waals surface area contributed by atoms with Crippen LogP contribution in [0.5, 0.6) is 0 Å². The summed E-state index contributed by atoms with van der Waals surface area (Å²) in [5.41, 5.74) is 2.76. The van der Waals surface area contributed by atoms with Crippen LogP contribution in [0.3, 0.4) is 0 Å². The van der Waals surface area contributed by atoms with Crippen molar-refractivity contribution < 1.29 is 22.7 Å². The molecule has 6 nitrogen and oxygen atoms in total. The molecular weight excluding hydrogens is 474 g/mol. The molecule has 0 saturated carbocycles. The first-order chi connectivity index (χ1) is 17.0. The Bertz CT molecular complexity index is 1250. The average Bonchev–Trinajstić information content (AvgIpc) is 2.82. The number of carbonyl (C=O) groups excluding carboxylic acids is 1. The highest BCUT2D eigenvalue weighted by atomic mass is 32.2. The van der Waals surface area contributed by atoms with Gasteiger partial charge in [-0.3, -0.25) is 0 Å². The van der Waals surface area contributed by atoms with E-state index in [-0.39, 0.29) is 10.9 Å². The number of aryl methyl sites for hydroxylation is 1. The Labute approximate surface area is 214 Å². The number of carbonyl (C=O) groups is 1. The summed E-state index contributed by atoms with van der Waals surface area (Å²) in [7, 11) is -3.69. The van der Waals surface area contributed by atoms with Crippen LogP contribution in [0, 0.1) is 6.92 Å². The fourth-order valence-corrected chi connectivity index (χ4v) is 5.14. The van der Waals surface area contributed by atoms with Gasteiger partial charge in [0.1, 0.15) is 5.60 Å². The van der Waals surface area contributed by atoms with E-state index in [0.29, 0.717) is 12.8 Å². The van der Waals surface area contributed by atoms with Gasteiger partial charge in [-0.05, 0) is 63.8 Å². The van der Waals surface area contributed by atoms with Gasteiger partial charge in [0, 0.05) is 11.6 Å². The quantitative estimate of drug-likeness (QED) is 0.341. The third-order valence-electron chi connectivity index (χ3n) is 5.66. The summed E-state index contributed by atoms with van der Waals surface area (Å²) in [5, 5.41) is 0. The second-order valence-electron chi connectivity index (χ2n) is 9.82. The monoisotopic (exact) mass is 509 g/mol. The Morgan fingerprint density at radius 1 is 0.917 bits per heavy atom. The van der Waals surface area contributed by atoms with Crippen molar-refractivity contribution in [3.8, 4) is 0 Å². The predicted molar refractivity (Wildman–Crippen MR) is 141 cm³/mol. The molecule has 0 aliphatic heterocycles. The van der Waals surface area contributed by atoms with Gasteiger partial charge in [0.2, 0.25) is 10.0 Å². The second-order valence-corrected chi connectivity index (χ2v) is 11.5. The Morgan fingerprint density at radius 2 is 1.53 bits per heavy atom. The van der Waals surface area contributed by atoms with E-state index in [2.05, 4.69) is 4.72 Å². The lowest BCUT2D eigenvalue weighted by Gasteiger charge is -2.26. The molecule has 0 aromatic heterocycles. The summed E-state index contributed by atoms with van der Waals surface area (Å²) in [5.74, 6) is 0. The van der Waals surface area contributed by atoms with Gasteiger partial charge in [-0.2, -0.15) is 0 Å². The van der Waals surface area contributed by atoms with Crippen molar-refractivity contribution in [3.05, 3.63) is 101 Å². The van der Waals surface area contributed by atoms with Crippen LogP contribution in [-0.2, 0) is 25.9 Å². The summed E-state index contributed by atoms with van der Waals surface area (Å²) in [6, 6.07) is 23.5.